The van der Waals surface area contributed by atoms with E-state index in [1.54, 1.807) is 4.90 Å². The zero-order chi connectivity index (χ0) is 19.2. The van der Waals surface area contributed by atoms with Gasteiger partial charge in [0, 0.05) is 40.0 Å². The van der Waals surface area contributed by atoms with E-state index in [-0.39, 0.29) is 24.5 Å². The average Bonchev–Trinajstić information content (AvgIpc) is 2.61. The van der Waals surface area contributed by atoms with Crippen LogP contribution in [0.3, 0.4) is 0 Å². The molecule has 0 spiro atoms. The van der Waals surface area contributed by atoms with Gasteiger partial charge in [-0.15, -0.1) is 0 Å². The van der Waals surface area contributed by atoms with Crippen LogP contribution < -0.4 is 10.6 Å². The Labute approximate surface area is 155 Å². The second-order valence-corrected chi connectivity index (χ2v) is 6.05. The lowest BCUT2D eigenvalue weighted by Gasteiger charge is -2.22. The number of benzene rings is 1. The van der Waals surface area contributed by atoms with E-state index >= 15 is 0 Å². The monoisotopic (exact) mass is 363 g/mol. The van der Waals surface area contributed by atoms with Gasteiger partial charge in [0.1, 0.15) is 6.61 Å². The van der Waals surface area contributed by atoms with Gasteiger partial charge in [-0.05, 0) is 24.8 Å². The Balaban J connectivity index is 2.42. The van der Waals surface area contributed by atoms with Crippen LogP contribution >= 0.6 is 0 Å². The number of amides is 3. The number of nitrogens with one attached hydrogen (secondary N) is 2. The lowest BCUT2D eigenvalue weighted by atomic mass is 10.2. The summed E-state index contributed by atoms with van der Waals surface area (Å²) in [5.41, 5.74) is 0.935. The Bertz CT molecular complexity index is 563. The van der Waals surface area contributed by atoms with E-state index in [1.807, 2.05) is 30.3 Å². The van der Waals surface area contributed by atoms with Gasteiger partial charge < -0.3 is 20.3 Å². The molecule has 7 nitrogen and oxygen atoms in total. The minimum atomic E-state index is -0.365. The second kappa shape index (κ2) is 12.7. The molecule has 0 saturated heterocycles. The number of nitrogens with zero attached hydrogens (tertiary/aromatic N) is 1. The number of unbranched alkanes of at least 4 members (excludes halogenated alkanes) is 1. The first-order valence-corrected chi connectivity index (χ1v) is 8.93. The van der Waals surface area contributed by atoms with E-state index < -0.39 is 0 Å². The maximum atomic E-state index is 12.4. The molecule has 0 atom stereocenters. The van der Waals surface area contributed by atoms with E-state index in [0.29, 0.717) is 32.6 Å². The molecule has 3 amide bonds. The Hall–Kier alpha value is -2.57. The van der Waals surface area contributed by atoms with Gasteiger partial charge in [0.05, 0.1) is 0 Å². The van der Waals surface area contributed by atoms with Gasteiger partial charge in [-0.1, -0.05) is 30.3 Å². The normalized spacial score (nSPS) is 10.1. The van der Waals surface area contributed by atoms with E-state index in [1.165, 1.54) is 13.8 Å². The lowest BCUT2D eigenvalue weighted by Crippen LogP contribution is -2.35. The number of carbonyl (C=O) groups excluding carboxylic acids is 3. The third-order valence-corrected chi connectivity index (χ3v) is 3.67. The van der Waals surface area contributed by atoms with E-state index in [2.05, 4.69) is 10.6 Å². The molecule has 0 radical (unpaired) electrons. The van der Waals surface area contributed by atoms with Crippen molar-refractivity contribution in [1.82, 2.24) is 15.5 Å². The summed E-state index contributed by atoms with van der Waals surface area (Å²) in [6, 6.07) is 9.52. The molecule has 144 valence electrons. The first-order valence-electron chi connectivity index (χ1n) is 8.93. The first-order chi connectivity index (χ1) is 12.5. The topological polar surface area (TPSA) is 87.7 Å². The van der Waals surface area contributed by atoms with Crippen molar-refractivity contribution in [2.75, 3.05) is 26.2 Å². The molecule has 0 aromatic heterocycles. The highest BCUT2D eigenvalue weighted by molar-refractivity contribution is 5.73. The Morgan fingerprint density at radius 1 is 0.885 bits per heavy atom. The summed E-state index contributed by atoms with van der Waals surface area (Å²) in [6.45, 7) is 5.34. The zero-order valence-corrected chi connectivity index (χ0v) is 15.6. The highest BCUT2D eigenvalue weighted by Crippen LogP contribution is 2.05. The number of rotatable bonds is 11. The average molecular weight is 363 g/mol. The molecule has 0 bridgehead atoms. The summed E-state index contributed by atoms with van der Waals surface area (Å²) in [6.07, 6.45) is 1.84. The third kappa shape index (κ3) is 10.3. The first kappa shape index (κ1) is 21.5. The van der Waals surface area contributed by atoms with Gasteiger partial charge in [-0.25, -0.2) is 4.79 Å². The molecule has 0 unspecified atom stereocenters. The highest BCUT2D eigenvalue weighted by Gasteiger charge is 2.14. The molecule has 0 aliphatic rings. The van der Waals surface area contributed by atoms with Crippen molar-refractivity contribution in [3.63, 3.8) is 0 Å². The van der Waals surface area contributed by atoms with Crippen molar-refractivity contribution in [2.45, 2.75) is 39.7 Å². The van der Waals surface area contributed by atoms with Gasteiger partial charge in [-0.3, -0.25) is 9.59 Å². The van der Waals surface area contributed by atoms with E-state index in [4.69, 9.17) is 4.74 Å². The lowest BCUT2D eigenvalue weighted by molar-refractivity contribution is -0.119. The minimum Gasteiger partial charge on any atom is -0.445 e. The Morgan fingerprint density at radius 3 is 2.08 bits per heavy atom. The van der Waals surface area contributed by atoms with Crippen LogP contribution in [0.5, 0.6) is 0 Å². The van der Waals surface area contributed by atoms with Crippen LogP contribution in [0.4, 0.5) is 4.79 Å². The van der Waals surface area contributed by atoms with Gasteiger partial charge in [0.2, 0.25) is 11.8 Å². The maximum absolute atomic E-state index is 12.4. The number of ether oxygens (including phenoxy) is 1. The standard InChI is InChI=1S/C19H29N3O4/c1-16(23)20-11-6-7-13-22(14-8-12-21-17(2)24)19(25)26-15-18-9-4-3-5-10-18/h3-5,9-10H,6-8,11-15H2,1-2H3,(H,20,23)(H,21,24). The van der Waals surface area contributed by atoms with Crippen molar-refractivity contribution < 1.29 is 19.1 Å². The molecule has 0 heterocycles. The molecular formula is C19H29N3O4. The van der Waals surface area contributed by atoms with Crippen molar-refractivity contribution >= 4 is 17.9 Å². The van der Waals surface area contributed by atoms with Crippen LogP contribution in [0.1, 0.15) is 38.7 Å². The fourth-order valence-corrected chi connectivity index (χ4v) is 2.33. The van der Waals surface area contributed by atoms with Gasteiger partial charge >= 0.3 is 6.09 Å². The molecule has 1 rings (SSSR count). The van der Waals surface area contributed by atoms with E-state index in [9.17, 15) is 14.4 Å². The minimum absolute atomic E-state index is 0.0561. The quantitative estimate of drug-likeness (QED) is 0.589. The summed E-state index contributed by atoms with van der Waals surface area (Å²) < 4.78 is 5.39. The SMILES string of the molecule is CC(=O)NCCCCN(CCCNC(C)=O)C(=O)OCc1ccccc1. The summed E-state index contributed by atoms with van der Waals surface area (Å²) in [4.78, 5) is 35.8. The number of carbonyl (C=O) groups is 3. The molecule has 2 N–H and O–H groups in total. The summed E-state index contributed by atoms with van der Waals surface area (Å²) in [5, 5.41) is 5.46. The molecule has 0 aliphatic heterocycles. The fourth-order valence-electron chi connectivity index (χ4n) is 2.33. The Morgan fingerprint density at radius 2 is 1.46 bits per heavy atom. The van der Waals surface area contributed by atoms with Crippen LogP contribution in [-0.2, 0) is 20.9 Å². The van der Waals surface area contributed by atoms with Crippen LogP contribution in [-0.4, -0.2) is 49.0 Å². The molecule has 0 fully saturated rings. The highest BCUT2D eigenvalue weighted by atomic mass is 16.6. The van der Waals surface area contributed by atoms with Crippen molar-refractivity contribution in [1.29, 1.82) is 0 Å². The fraction of sp³-hybridized carbons (Fsp3) is 0.526. The largest absolute Gasteiger partial charge is 0.445 e. The van der Waals surface area contributed by atoms with Gasteiger partial charge in [0.15, 0.2) is 0 Å². The molecule has 0 aliphatic carbocycles. The van der Waals surface area contributed by atoms with E-state index in [0.717, 1.165) is 18.4 Å². The second-order valence-electron chi connectivity index (χ2n) is 6.05. The number of hydrogen-bond acceptors (Lipinski definition) is 4. The van der Waals surface area contributed by atoms with Crippen LogP contribution in [0.15, 0.2) is 30.3 Å². The predicted molar refractivity (Wildman–Crippen MR) is 99.4 cm³/mol. The Kier molecular flexibility index (Phi) is 10.5. The van der Waals surface area contributed by atoms with Gasteiger partial charge in [0.25, 0.3) is 0 Å². The van der Waals surface area contributed by atoms with Crippen LogP contribution in [0.25, 0.3) is 0 Å². The summed E-state index contributed by atoms with van der Waals surface area (Å²) in [5.74, 6) is -0.141. The summed E-state index contributed by atoms with van der Waals surface area (Å²) in [7, 11) is 0. The van der Waals surface area contributed by atoms with Crippen molar-refractivity contribution in [3.8, 4) is 0 Å². The molecule has 0 saturated carbocycles. The molecule has 1 aromatic carbocycles. The van der Waals surface area contributed by atoms with Crippen molar-refractivity contribution in [3.05, 3.63) is 35.9 Å². The van der Waals surface area contributed by atoms with Gasteiger partial charge in [-0.2, -0.15) is 0 Å². The maximum Gasteiger partial charge on any atom is 0.410 e. The predicted octanol–water partition coefficient (Wildman–Crippen LogP) is 2.07. The van der Waals surface area contributed by atoms with Crippen molar-refractivity contribution in [2.24, 2.45) is 0 Å². The third-order valence-electron chi connectivity index (χ3n) is 3.67. The molecule has 1 aromatic rings. The number of hydrogen-bond donors (Lipinski definition) is 2. The molecule has 7 heteroatoms. The summed E-state index contributed by atoms with van der Waals surface area (Å²) >= 11 is 0. The zero-order valence-electron chi connectivity index (χ0n) is 15.6. The van der Waals surface area contributed by atoms with Crippen LogP contribution in [0, 0.1) is 0 Å². The molecular weight excluding hydrogens is 334 g/mol. The smallest absolute Gasteiger partial charge is 0.410 e. The molecule has 26 heavy (non-hydrogen) atoms. The van der Waals surface area contributed by atoms with Crippen LogP contribution in [0.2, 0.25) is 0 Å².